The van der Waals surface area contributed by atoms with Gasteiger partial charge in [0, 0.05) is 37.5 Å². The van der Waals surface area contributed by atoms with Gasteiger partial charge in [-0.1, -0.05) is 27.7 Å². The Balaban J connectivity index is 1.30. The first kappa shape index (κ1) is 26.1. The van der Waals surface area contributed by atoms with Gasteiger partial charge in [-0.05, 0) is 86.4 Å². The van der Waals surface area contributed by atoms with Gasteiger partial charge < -0.3 is 18.9 Å². The van der Waals surface area contributed by atoms with Crippen molar-refractivity contribution in [3.63, 3.8) is 0 Å². The van der Waals surface area contributed by atoms with Crippen molar-refractivity contribution in [1.29, 1.82) is 0 Å². The van der Waals surface area contributed by atoms with Crippen molar-refractivity contribution in [3.8, 4) is 0 Å². The molecule has 6 heteroatoms. The van der Waals surface area contributed by atoms with Crippen LogP contribution >= 0.6 is 0 Å². The monoisotopic (exact) mass is 516 g/mol. The topological polar surface area (TPSA) is 71.1 Å². The Labute approximate surface area is 222 Å². The van der Waals surface area contributed by atoms with Gasteiger partial charge in [-0.2, -0.15) is 0 Å². The predicted octanol–water partition coefficient (Wildman–Crippen LogP) is 5.91. The van der Waals surface area contributed by atoms with Crippen molar-refractivity contribution in [2.24, 2.45) is 52.3 Å². The van der Waals surface area contributed by atoms with Crippen LogP contribution in [0.2, 0.25) is 0 Å². The summed E-state index contributed by atoms with van der Waals surface area (Å²) < 4.78 is 25.4. The molecule has 6 fully saturated rings. The number of carbonyl (C=O) groups excluding carboxylic acids is 2. The summed E-state index contributed by atoms with van der Waals surface area (Å²) in [7, 11) is 0. The molecule has 2 saturated heterocycles. The zero-order valence-electron chi connectivity index (χ0n) is 23.8. The third-order valence-corrected chi connectivity index (χ3v) is 12.6. The van der Waals surface area contributed by atoms with Crippen molar-refractivity contribution in [2.75, 3.05) is 6.61 Å². The minimum Gasteiger partial charge on any atom is -0.463 e. The van der Waals surface area contributed by atoms with E-state index < -0.39 is 5.79 Å². The lowest BCUT2D eigenvalue weighted by Crippen LogP contribution is -2.60. The van der Waals surface area contributed by atoms with Crippen molar-refractivity contribution >= 4 is 11.9 Å². The van der Waals surface area contributed by atoms with Crippen LogP contribution in [0.25, 0.3) is 0 Å². The van der Waals surface area contributed by atoms with E-state index in [1.54, 1.807) is 6.92 Å². The Morgan fingerprint density at radius 1 is 0.865 bits per heavy atom. The first-order chi connectivity index (χ1) is 17.5. The number of rotatable bonds is 2. The Morgan fingerprint density at radius 3 is 2.30 bits per heavy atom. The molecular weight excluding hydrogens is 468 g/mol. The fourth-order valence-corrected chi connectivity index (χ4v) is 10.9. The maximum absolute atomic E-state index is 12.5. The Kier molecular flexibility index (Phi) is 6.31. The molecule has 1 spiro atoms. The summed E-state index contributed by atoms with van der Waals surface area (Å²) in [6, 6.07) is 0. The Morgan fingerprint density at radius 2 is 1.62 bits per heavy atom. The molecule has 0 bridgehead atoms. The largest absolute Gasteiger partial charge is 0.463 e. The van der Waals surface area contributed by atoms with E-state index in [1.165, 1.54) is 19.8 Å². The van der Waals surface area contributed by atoms with Crippen molar-refractivity contribution < 1.29 is 28.5 Å². The maximum Gasteiger partial charge on any atom is 0.302 e. The number of hydrogen-bond acceptors (Lipinski definition) is 6. The molecule has 13 atom stereocenters. The van der Waals surface area contributed by atoms with Gasteiger partial charge in [0.05, 0.1) is 12.7 Å². The summed E-state index contributed by atoms with van der Waals surface area (Å²) in [6.07, 6.45) is 9.70. The molecule has 0 unspecified atom stereocenters. The lowest BCUT2D eigenvalue weighted by Gasteiger charge is -2.62. The number of fused-ring (bicyclic) bond motifs is 7. The van der Waals surface area contributed by atoms with Crippen LogP contribution in [-0.2, 0) is 28.5 Å². The quantitative estimate of drug-likeness (QED) is 0.425. The van der Waals surface area contributed by atoms with Gasteiger partial charge in [0.25, 0.3) is 0 Å². The number of esters is 2. The van der Waals surface area contributed by atoms with E-state index >= 15 is 0 Å². The summed E-state index contributed by atoms with van der Waals surface area (Å²) in [5.74, 6) is 2.66. The van der Waals surface area contributed by atoms with Gasteiger partial charge in [0.1, 0.15) is 12.2 Å². The molecule has 6 aliphatic rings. The second kappa shape index (κ2) is 8.94. The van der Waals surface area contributed by atoms with Crippen LogP contribution in [0, 0.1) is 52.3 Å². The second-order valence-corrected chi connectivity index (χ2v) is 14.3. The van der Waals surface area contributed by atoms with Crippen LogP contribution in [0.5, 0.6) is 0 Å². The van der Waals surface area contributed by atoms with Gasteiger partial charge in [-0.15, -0.1) is 0 Å². The molecular formula is C31H48O6. The molecule has 2 aliphatic heterocycles. The highest BCUT2D eigenvalue weighted by atomic mass is 16.7. The van der Waals surface area contributed by atoms with Crippen LogP contribution in [0.4, 0.5) is 0 Å². The minimum absolute atomic E-state index is 0.0553. The van der Waals surface area contributed by atoms with Gasteiger partial charge in [0.15, 0.2) is 5.79 Å². The Hall–Kier alpha value is -1.14. The number of hydrogen-bond donors (Lipinski definition) is 0. The van der Waals surface area contributed by atoms with Crippen molar-refractivity contribution in [2.45, 2.75) is 123 Å². The molecule has 37 heavy (non-hydrogen) atoms. The van der Waals surface area contributed by atoms with E-state index in [9.17, 15) is 9.59 Å². The van der Waals surface area contributed by atoms with Gasteiger partial charge >= 0.3 is 11.9 Å². The van der Waals surface area contributed by atoms with E-state index in [0.717, 1.165) is 51.6 Å². The zero-order valence-corrected chi connectivity index (χ0v) is 23.8. The molecule has 0 N–H and O–H groups in total. The molecule has 4 saturated carbocycles. The maximum atomic E-state index is 12.5. The summed E-state index contributed by atoms with van der Waals surface area (Å²) in [5.41, 5.74) is 0.109. The second-order valence-electron chi connectivity index (χ2n) is 14.3. The van der Waals surface area contributed by atoms with Crippen LogP contribution < -0.4 is 0 Å². The van der Waals surface area contributed by atoms with E-state index in [2.05, 4.69) is 27.7 Å². The molecule has 2 heterocycles. The summed E-state index contributed by atoms with van der Waals surface area (Å²) in [4.78, 5) is 24.1. The predicted molar refractivity (Wildman–Crippen MR) is 138 cm³/mol. The van der Waals surface area contributed by atoms with Gasteiger partial charge in [-0.3, -0.25) is 9.59 Å². The smallest absolute Gasteiger partial charge is 0.302 e. The summed E-state index contributed by atoms with van der Waals surface area (Å²) >= 11 is 0. The highest BCUT2D eigenvalue weighted by Gasteiger charge is 2.72. The molecule has 0 amide bonds. The fraction of sp³-hybridized carbons (Fsp3) is 0.935. The van der Waals surface area contributed by atoms with Crippen LogP contribution in [0.1, 0.15) is 99.3 Å². The normalized spacial score (nSPS) is 54.5. The molecule has 6 rings (SSSR count). The van der Waals surface area contributed by atoms with Crippen LogP contribution in [0.15, 0.2) is 0 Å². The van der Waals surface area contributed by atoms with Gasteiger partial charge in [-0.25, -0.2) is 0 Å². The molecule has 0 radical (unpaired) electrons. The zero-order chi connectivity index (χ0) is 26.3. The highest BCUT2D eigenvalue weighted by Crippen LogP contribution is 2.71. The molecule has 6 nitrogen and oxygen atoms in total. The lowest BCUT2D eigenvalue weighted by molar-refractivity contribution is -0.274. The van der Waals surface area contributed by atoms with E-state index in [0.29, 0.717) is 41.4 Å². The molecule has 0 aromatic heterocycles. The molecule has 208 valence electrons. The van der Waals surface area contributed by atoms with Crippen molar-refractivity contribution in [3.05, 3.63) is 0 Å². The van der Waals surface area contributed by atoms with E-state index in [-0.39, 0.29) is 41.1 Å². The first-order valence-corrected chi connectivity index (χ1v) is 15.1. The van der Waals surface area contributed by atoms with Crippen molar-refractivity contribution in [1.82, 2.24) is 0 Å². The average molecular weight is 517 g/mol. The SMILES string of the molecule is CC(=O)O[C@H]1CC[C@@]2(C)[C@@H](CC[C@@H]3[C@@H]2C[C@@H](OC(C)=O)[C@]2(C)[C@@H]4[C@H](C[C@@H]32)O[C@]2(CC[C@@H](C)CO2)[C@H]4C)C1. The molecule has 0 aromatic rings. The van der Waals surface area contributed by atoms with E-state index in [4.69, 9.17) is 18.9 Å². The third kappa shape index (κ3) is 3.85. The summed E-state index contributed by atoms with van der Waals surface area (Å²) in [5, 5.41) is 0. The molecule has 0 aromatic carbocycles. The highest BCUT2D eigenvalue weighted by molar-refractivity contribution is 5.66. The first-order valence-electron chi connectivity index (χ1n) is 15.1. The Bertz CT molecular complexity index is 925. The van der Waals surface area contributed by atoms with Crippen LogP contribution in [0.3, 0.4) is 0 Å². The number of ether oxygens (including phenoxy) is 4. The van der Waals surface area contributed by atoms with E-state index in [1.807, 2.05) is 0 Å². The summed E-state index contributed by atoms with van der Waals surface area (Å²) in [6.45, 7) is 13.4. The van der Waals surface area contributed by atoms with Gasteiger partial charge in [0.2, 0.25) is 0 Å². The third-order valence-electron chi connectivity index (χ3n) is 12.6. The molecule has 4 aliphatic carbocycles. The standard InChI is InChI=1S/C31H48O6/c1-17-9-12-31(34-16-17)18(2)28-26(37-31)14-25-23-8-7-21-13-22(35-19(3)32)10-11-29(21,5)24(23)15-27(30(25,28)6)36-20(4)33/h17-18,21-28H,7-16H2,1-6H3/t17-,18+,21+,22+,23-,24+,25+,26+,27-,28+,29+,30-,31-/m1/s1. The average Bonchev–Trinajstić information content (AvgIpc) is 3.27. The minimum atomic E-state index is -0.466. The fourth-order valence-electron chi connectivity index (χ4n) is 10.9. The van der Waals surface area contributed by atoms with Crippen LogP contribution in [-0.4, -0.2) is 42.6 Å². The lowest BCUT2D eigenvalue weighted by atomic mass is 9.43. The number of carbonyl (C=O) groups is 2.